The molecular weight excluding hydrogens is 406 g/mol. The number of hydrogen-bond acceptors (Lipinski definition) is 5. The summed E-state index contributed by atoms with van der Waals surface area (Å²) in [6.07, 6.45) is -8.35. The van der Waals surface area contributed by atoms with Crippen molar-refractivity contribution >= 4 is 23.4 Å². The largest absolute Gasteiger partial charge is 0.480 e. The quantitative estimate of drug-likeness (QED) is 0.591. The number of nitrogens with one attached hydrogen (secondary N) is 2. The van der Waals surface area contributed by atoms with Crippen LogP contribution in [0.4, 0.5) is 43.8 Å². The second-order valence-corrected chi connectivity index (χ2v) is 6.40. The Morgan fingerprint density at radius 2 is 1.76 bits per heavy atom. The third-order valence-corrected chi connectivity index (χ3v) is 4.05. The van der Waals surface area contributed by atoms with E-state index in [0.29, 0.717) is 17.8 Å². The first-order chi connectivity index (χ1) is 13.4. The summed E-state index contributed by atoms with van der Waals surface area (Å²) in [5.74, 6) is -1.33. The van der Waals surface area contributed by atoms with E-state index in [0.717, 1.165) is 12.8 Å². The van der Waals surface area contributed by atoms with Gasteiger partial charge in [-0.25, -0.2) is 4.98 Å². The number of carbonyl (C=O) groups is 1. The summed E-state index contributed by atoms with van der Waals surface area (Å²) in [5, 5.41) is 13.6. The fourth-order valence-electron chi connectivity index (χ4n) is 2.55. The number of carboxylic acid groups (broad SMARTS) is 1. The molecule has 0 atom stereocenters. The van der Waals surface area contributed by atoms with Gasteiger partial charge in [-0.05, 0) is 31.0 Å². The van der Waals surface area contributed by atoms with Crippen LogP contribution >= 0.6 is 0 Å². The van der Waals surface area contributed by atoms with Crippen molar-refractivity contribution in [2.45, 2.75) is 31.1 Å². The van der Waals surface area contributed by atoms with Crippen LogP contribution in [0.2, 0.25) is 0 Å². The Bertz CT molecular complexity index is 925. The summed E-state index contributed by atoms with van der Waals surface area (Å²) < 4.78 is 78.3. The number of benzene rings is 1. The first kappa shape index (κ1) is 20.7. The predicted octanol–water partition coefficient (Wildman–Crippen LogP) is 4.63. The fraction of sp³-hybridized carbons (Fsp3) is 0.353. The number of hydrogen-bond donors (Lipinski definition) is 3. The van der Waals surface area contributed by atoms with Crippen molar-refractivity contribution in [2.75, 3.05) is 17.2 Å². The van der Waals surface area contributed by atoms with Crippen LogP contribution in [0.25, 0.3) is 0 Å². The molecule has 1 heterocycles. The van der Waals surface area contributed by atoms with E-state index < -0.39 is 41.7 Å². The van der Waals surface area contributed by atoms with Crippen LogP contribution in [-0.2, 0) is 17.1 Å². The standard InChI is InChI=1S/C17H14F6N4O2/c18-16(19,20)9-3-4-11(10(5-9)17(21,22)23)25-13-6-12(8-1-2-8)26-15(27-13)24-7-14(28)29/h3-6,8H,1-2,7H2,(H,28,29)(H2,24,25,26,27). The molecule has 3 N–H and O–H groups in total. The Kier molecular flexibility index (Phi) is 5.28. The highest BCUT2D eigenvalue weighted by Gasteiger charge is 2.38. The Balaban J connectivity index is 1.97. The smallest absolute Gasteiger partial charge is 0.418 e. The van der Waals surface area contributed by atoms with Gasteiger partial charge < -0.3 is 15.7 Å². The van der Waals surface area contributed by atoms with Gasteiger partial charge in [-0.15, -0.1) is 0 Å². The van der Waals surface area contributed by atoms with Gasteiger partial charge in [0.1, 0.15) is 12.4 Å². The maximum absolute atomic E-state index is 13.3. The monoisotopic (exact) mass is 420 g/mol. The van der Waals surface area contributed by atoms with Gasteiger partial charge in [0, 0.05) is 12.0 Å². The van der Waals surface area contributed by atoms with E-state index in [9.17, 15) is 31.1 Å². The molecule has 2 aromatic rings. The number of anilines is 3. The second-order valence-electron chi connectivity index (χ2n) is 6.40. The van der Waals surface area contributed by atoms with Crippen LogP contribution in [0.15, 0.2) is 24.3 Å². The first-order valence-corrected chi connectivity index (χ1v) is 8.33. The predicted molar refractivity (Wildman–Crippen MR) is 89.9 cm³/mol. The van der Waals surface area contributed by atoms with Crippen molar-refractivity contribution in [1.82, 2.24) is 9.97 Å². The average Bonchev–Trinajstić information content (AvgIpc) is 3.43. The molecule has 0 bridgehead atoms. The molecule has 12 heteroatoms. The van der Waals surface area contributed by atoms with Crippen molar-refractivity contribution in [1.29, 1.82) is 0 Å². The number of alkyl halides is 6. The number of aromatic nitrogens is 2. The highest BCUT2D eigenvalue weighted by molar-refractivity contribution is 5.72. The molecule has 1 saturated carbocycles. The summed E-state index contributed by atoms with van der Waals surface area (Å²) in [6, 6.07) is 2.62. The Hall–Kier alpha value is -3.05. The van der Waals surface area contributed by atoms with E-state index in [4.69, 9.17) is 5.11 Å². The molecule has 29 heavy (non-hydrogen) atoms. The van der Waals surface area contributed by atoms with E-state index in [1.807, 2.05) is 0 Å². The molecule has 6 nitrogen and oxygen atoms in total. The van der Waals surface area contributed by atoms with Crippen LogP contribution in [-0.4, -0.2) is 27.6 Å². The minimum absolute atomic E-state index is 0.0227. The van der Waals surface area contributed by atoms with Crippen molar-refractivity contribution in [3.05, 3.63) is 41.1 Å². The molecule has 0 aliphatic heterocycles. The summed E-state index contributed by atoms with van der Waals surface area (Å²) in [6.45, 7) is -0.512. The molecule has 0 spiro atoms. The molecule has 1 aromatic heterocycles. The van der Waals surface area contributed by atoms with Gasteiger partial charge in [-0.3, -0.25) is 4.79 Å². The Labute approximate surface area is 160 Å². The zero-order valence-electron chi connectivity index (χ0n) is 14.5. The van der Waals surface area contributed by atoms with Crippen LogP contribution in [0, 0.1) is 0 Å². The molecule has 0 amide bonds. The van der Waals surface area contributed by atoms with Crippen LogP contribution in [0.1, 0.15) is 35.6 Å². The minimum Gasteiger partial charge on any atom is -0.480 e. The topological polar surface area (TPSA) is 87.1 Å². The molecule has 1 aliphatic rings. The zero-order valence-corrected chi connectivity index (χ0v) is 14.5. The summed E-state index contributed by atoms with van der Waals surface area (Å²) >= 11 is 0. The molecule has 3 rings (SSSR count). The van der Waals surface area contributed by atoms with Gasteiger partial charge in [0.25, 0.3) is 0 Å². The molecule has 1 aromatic carbocycles. The maximum Gasteiger partial charge on any atom is 0.418 e. The van der Waals surface area contributed by atoms with E-state index in [1.165, 1.54) is 6.07 Å². The van der Waals surface area contributed by atoms with Gasteiger partial charge in [0.2, 0.25) is 5.95 Å². The number of carboxylic acids is 1. The average molecular weight is 420 g/mol. The van der Waals surface area contributed by atoms with E-state index in [1.54, 1.807) is 0 Å². The number of halogens is 6. The van der Waals surface area contributed by atoms with Gasteiger partial charge >= 0.3 is 18.3 Å². The van der Waals surface area contributed by atoms with Gasteiger partial charge in [0.15, 0.2) is 0 Å². The molecule has 0 radical (unpaired) electrons. The van der Waals surface area contributed by atoms with Crippen LogP contribution in [0.3, 0.4) is 0 Å². The molecule has 1 fully saturated rings. The van der Waals surface area contributed by atoms with Gasteiger partial charge in [-0.1, -0.05) is 0 Å². The lowest BCUT2D eigenvalue weighted by Gasteiger charge is -2.17. The number of rotatable bonds is 6. The molecule has 0 saturated heterocycles. The molecular formula is C17H14F6N4O2. The fourth-order valence-corrected chi connectivity index (χ4v) is 2.55. The van der Waals surface area contributed by atoms with Crippen molar-refractivity contribution in [2.24, 2.45) is 0 Å². The summed E-state index contributed by atoms with van der Waals surface area (Å²) in [5.41, 5.74) is -3.05. The van der Waals surface area contributed by atoms with Crippen LogP contribution < -0.4 is 10.6 Å². The summed E-state index contributed by atoms with van der Waals surface area (Å²) in [7, 11) is 0. The van der Waals surface area contributed by atoms with Crippen molar-refractivity contribution < 1.29 is 36.2 Å². The number of aliphatic carboxylic acids is 1. The Morgan fingerprint density at radius 3 is 2.31 bits per heavy atom. The van der Waals surface area contributed by atoms with Crippen LogP contribution in [0.5, 0.6) is 0 Å². The highest BCUT2D eigenvalue weighted by atomic mass is 19.4. The first-order valence-electron chi connectivity index (χ1n) is 8.33. The minimum atomic E-state index is -5.04. The van der Waals surface area contributed by atoms with E-state index >= 15 is 0 Å². The van der Waals surface area contributed by atoms with E-state index in [2.05, 4.69) is 20.6 Å². The van der Waals surface area contributed by atoms with Crippen molar-refractivity contribution in [3.8, 4) is 0 Å². The summed E-state index contributed by atoms with van der Waals surface area (Å²) in [4.78, 5) is 18.7. The lowest BCUT2D eigenvalue weighted by atomic mass is 10.1. The lowest BCUT2D eigenvalue weighted by molar-refractivity contribution is -0.142. The maximum atomic E-state index is 13.3. The normalized spacial score (nSPS) is 14.6. The molecule has 0 unspecified atom stereocenters. The lowest BCUT2D eigenvalue weighted by Crippen LogP contribution is -2.16. The third kappa shape index (κ3) is 5.27. The van der Waals surface area contributed by atoms with Gasteiger partial charge in [-0.2, -0.15) is 31.3 Å². The zero-order chi connectivity index (χ0) is 21.4. The van der Waals surface area contributed by atoms with Gasteiger partial charge in [0.05, 0.1) is 22.5 Å². The molecule has 156 valence electrons. The Morgan fingerprint density at radius 1 is 1.07 bits per heavy atom. The SMILES string of the molecule is O=C(O)CNc1nc(Nc2ccc(C(F)(F)F)cc2C(F)(F)F)cc(C2CC2)n1. The van der Waals surface area contributed by atoms with E-state index in [-0.39, 0.29) is 23.8 Å². The van der Waals surface area contributed by atoms with Crippen molar-refractivity contribution in [3.63, 3.8) is 0 Å². The second kappa shape index (κ2) is 7.41. The number of nitrogens with zero attached hydrogens (tertiary/aromatic N) is 2. The molecule has 1 aliphatic carbocycles. The highest BCUT2D eigenvalue weighted by Crippen LogP contribution is 2.42. The third-order valence-electron chi connectivity index (χ3n) is 4.05.